The Morgan fingerprint density at radius 2 is 2.12 bits per heavy atom. The third-order valence-corrected chi connectivity index (χ3v) is 3.10. The van der Waals surface area contributed by atoms with E-state index in [1.54, 1.807) is 51.2 Å². The molecule has 8 heteroatoms. The maximum atomic E-state index is 13.3. The summed E-state index contributed by atoms with van der Waals surface area (Å²) in [5, 5.41) is 2.68. The minimum Gasteiger partial charge on any atom is -0.444 e. The Morgan fingerprint density at radius 1 is 1.36 bits per heavy atom. The number of carbonyl (C=O) groups is 1. The van der Waals surface area contributed by atoms with Crippen molar-refractivity contribution >= 4 is 12.0 Å². The highest BCUT2D eigenvalue weighted by Gasteiger charge is 2.16. The Bertz CT molecular complexity index is 733. The number of likely N-dealkylation sites (N-methyl/N-ethyl adjacent to an activating group) is 1. The van der Waals surface area contributed by atoms with E-state index in [0.717, 1.165) is 6.20 Å². The molecular formula is C17H22FN5O2. The lowest BCUT2D eigenvalue weighted by Crippen LogP contribution is -2.37. The second-order valence-corrected chi connectivity index (χ2v) is 6.48. The summed E-state index contributed by atoms with van der Waals surface area (Å²) in [5.74, 6) is 0.0420. The highest BCUT2D eigenvalue weighted by atomic mass is 19.1. The molecule has 0 aliphatic rings. The smallest absolute Gasteiger partial charge is 0.407 e. The number of hydrogen-bond acceptors (Lipinski definition) is 6. The number of carbonyl (C=O) groups excluding carboxylic acids is 1. The van der Waals surface area contributed by atoms with Crippen molar-refractivity contribution in [3.8, 4) is 11.3 Å². The second kappa shape index (κ2) is 7.87. The summed E-state index contributed by atoms with van der Waals surface area (Å²) in [6.07, 6.45) is 3.81. The fourth-order valence-corrected chi connectivity index (χ4v) is 1.98. The largest absolute Gasteiger partial charge is 0.444 e. The van der Waals surface area contributed by atoms with Gasteiger partial charge < -0.3 is 15.0 Å². The molecule has 134 valence electrons. The molecule has 2 rings (SSSR count). The number of rotatable bonds is 5. The van der Waals surface area contributed by atoms with Gasteiger partial charge in [-0.2, -0.15) is 0 Å². The summed E-state index contributed by atoms with van der Waals surface area (Å²) in [7, 11) is 1.81. The molecule has 2 aromatic rings. The zero-order valence-corrected chi connectivity index (χ0v) is 14.8. The molecular weight excluding hydrogens is 325 g/mol. The van der Waals surface area contributed by atoms with E-state index in [0.29, 0.717) is 30.3 Å². The van der Waals surface area contributed by atoms with Gasteiger partial charge in [-0.3, -0.25) is 4.98 Å². The van der Waals surface area contributed by atoms with Gasteiger partial charge in [-0.1, -0.05) is 0 Å². The van der Waals surface area contributed by atoms with Crippen LogP contribution in [0.15, 0.2) is 30.7 Å². The Labute approximate surface area is 146 Å². The van der Waals surface area contributed by atoms with Gasteiger partial charge in [0.1, 0.15) is 11.4 Å². The van der Waals surface area contributed by atoms with Gasteiger partial charge in [-0.05, 0) is 32.9 Å². The average Bonchev–Trinajstić information content (AvgIpc) is 2.53. The number of anilines is 1. The SMILES string of the molecule is CN(CCNC(=O)OC(C)(C)C)c1nccc(-c2cncc(F)c2)n1. The molecule has 2 heterocycles. The van der Waals surface area contributed by atoms with Gasteiger partial charge in [0.05, 0.1) is 11.9 Å². The van der Waals surface area contributed by atoms with Crippen LogP contribution in [-0.2, 0) is 4.74 Å². The first-order valence-electron chi connectivity index (χ1n) is 7.86. The molecule has 0 radical (unpaired) electrons. The maximum Gasteiger partial charge on any atom is 0.407 e. The summed E-state index contributed by atoms with van der Waals surface area (Å²) < 4.78 is 18.5. The van der Waals surface area contributed by atoms with Crippen molar-refractivity contribution in [3.63, 3.8) is 0 Å². The predicted octanol–water partition coefficient (Wildman–Crippen LogP) is 2.64. The fourth-order valence-electron chi connectivity index (χ4n) is 1.98. The van der Waals surface area contributed by atoms with Crippen molar-refractivity contribution in [2.24, 2.45) is 0 Å². The number of ether oxygens (including phenoxy) is 1. The first-order valence-corrected chi connectivity index (χ1v) is 7.86. The highest BCUT2D eigenvalue weighted by molar-refractivity contribution is 5.67. The van der Waals surface area contributed by atoms with Crippen molar-refractivity contribution in [1.29, 1.82) is 0 Å². The van der Waals surface area contributed by atoms with E-state index in [-0.39, 0.29) is 0 Å². The molecule has 1 N–H and O–H groups in total. The average molecular weight is 347 g/mol. The van der Waals surface area contributed by atoms with Gasteiger partial charge >= 0.3 is 6.09 Å². The van der Waals surface area contributed by atoms with E-state index in [1.165, 1.54) is 6.07 Å². The van der Waals surface area contributed by atoms with Gasteiger partial charge in [0.15, 0.2) is 0 Å². The van der Waals surface area contributed by atoms with Crippen LogP contribution < -0.4 is 10.2 Å². The molecule has 0 aromatic carbocycles. The Hall–Kier alpha value is -2.77. The first-order chi connectivity index (χ1) is 11.7. The number of aromatic nitrogens is 3. The number of hydrogen-bond donors (Lipinski definition) is 1. The molecule has 0 spiro atoms. The van der Waals surface area contributed by atoms with Crippen molar-refractivity contribution in [1.82, 2.24) is 20.3 Å². The third kappa shape index (κ3) is 5.98. The van der Waals surface area contributed by atoms with E-state index >= 15 is 0 Å². The van der Waals surface area contributed by atoms with Crippen molar-refractivity contribution in [2.75, 3.05) is 25.0 Å². The van der Waals surface area contributed by atoms with Crippen molar-refractivity contribution in [2.45, 2.75) is 26.4 Å². The molecule has 0 saturated carbocycles. The first kappa shape index (κ1) is 18.6. The van der Waals surface area contributed by atoms with Gasteiger partial charge in [-0.15, -0.1) is 0 Å². The van der Waals surface area contributed by atoms with Crippen LogP contribution in [0, 0.1) is 5.82 Å². The predicted molar refractivity (Wildman–Crippen MR) is 92.7 cm³/mol. The van der Waals surface area contributed by atoms with E-state index in [9.17, 15) is 9.18 Å². The van der Waals surface area contributed by atoms with Crippen molar-refractivity contribution < 1.29 is 13.9 Å². The minimum absolute atomic E-state index is 0.376. The molecule has 2 aromatic heterocycles. The number of halogens is 1. The fraction of sp³-hybridized carbons (Fsp3) is 0.412. The number of pyridine rings is 1. The molecule has 0 saturated heterocycles. The minimum atomic E-state index is -0.535. The Balaban J connectivity index is 1.95. The topological polar surface area (TPSA) is 80.2 Å². The molecule has 0 aliphatic carbocycles. The lowest BCUT2D eigenvalue weighted by atomic mass is 10.2. The lowest BCUT2D eigenvalue weighted by Gasteiger charge is -2.21. The molecule has 0 fully saturated rings. The zero-order chi connectivity index (χ0) is 18.4. The number of alkyl carbamates (subject to hydrolysis) is 1. The van der Waals surface area contributed by atoms with Crippen LogP contribution in [0.1, 0.15) is 20.8 Å². The van der Waals surface area contributed by atoms with Crippen LogP contribution in [0.5, 0.6) is 0 Å². The van der Waals surface area contributed by atoms with E-state index in [2.05, 4.69) is 20.3 Å². The normalized spacial score (nSPS) is 11.1. The van der Waals surface area contributed by atoms with Crippen LogP contribution in [0.25, 0.3) is 11.3 Å². The molecule has 7 nitrogen and oxygen atoms in total. The summed E-state index contributed by atoms with van der Waals surface area (Å²) >= 11 is 0. The highest BCUT2D eigenvalue weighted by Crippen LogP contribution is 2.18. The lowest BCUT2D eigenvalue weighted by molar-refractivity contribution is 0.0529. The summed E-state index contributed by atoms with van der Waals surface area (Å²) in [6, 6.07) is 3.05. The maximum absolute atomic E-state index is 13.3. The standard InChI is InChI=1S/C17H22FN5O2/c1-17(2,3)25-16(24)21-7-8-23(4)15-20-6-5-14(22-15)12-9-13(18)11-19-10-12/h5-6,9-11H,7-8H2,1-4H3,(H,21,24). The summed E-state index contributed by atoms with van der Waals surface area (Å²) in [6.45, 7) is 6.28. The van der Waals surface area contributed by atoms with Crippen LogP contribution >= 0.6 is 0 Å². The summed E-state index contributed by atoms with van der Waals surface area (Å²) in [4.78, 5) is 25.8. The molecule has 0 aliphatic heterocycles. The number of nitrogens with one attached hydrogen (secondary N) is 1. The van der Waals surface area contributed by atoms with E-state index < -0.39 is 17.5 Å². The molecule has 0 atom stereocenters. The van der Waals surface area contributed by atoms with Gasteiger partial charge in [0.25, 0.3) is 0 Å². The summed E-state index contributed by atoms with van der Waals surface area (Å²) in [5.41, 5.74) is 0.611. The molecule has 25 heavy (non-hydrogen) atoms. The van der Waals surface area contributed by atoms with Crippen molar-refractivity contribution in [3.05, 3.63) is 36.5 Å². The number of amides is 1. The molecule has 0 unspecified atom stereocenters. The number of nitrogens with zero attached hydrogens (tertiary/aromatic N) is 4. The Morgan fingerprint density at radius 3 is 2.80 bits per heavy atom. The third-order valence-electron chi connectivity index (χ3n) is 3.10. The van der Waals surface area contributed by atoms with Gasteiger partial charge in [0, 0.05) is 38.1 Å². The van der Waals surface area contributed by atoms with Crippen LogP contribution in [-0.4, -0.2) is 46.8 Å². The van der Waals surface area contributed by atoms with E-state index in [4.69, 9.17) is 4.74 Å². The van der Waals surface area contributed by atoms with Crippen LogP contribution in [0.4, 0.5) is 15.1 Å². The Kier molecular flexibility index (Phi) is 5.84. The second-order valence-electron chi connectivity index (χ2n) is 6.48. The van der Waals surface area contributed by atoms with Gasteiger partial charge in [0.2, 0.25) is 5.95 Å². The monoisotopic (exact) mass is 347 g/mol. The van der Waals surface area contributed by atoms with E-state index in [1.807, 2.05) is 0 Å². The molecule has 1 amide bonds. The quantitative estimate of drug-likeness (QED) is 0.896. The van der Waals surface area contributed by atoms with Crippen LogP contribution in [0.2, 0.25) is 0 Å². The molecule has 0 bridgehead atoms. The zero-order valence-electron chi connectivity index (χ0n) is 14.8. The van der Waals surface area contributed by atoms with Gasteiger partial charge in [-0.25, -0.2) is 19.2 Å². The van der Waals surface area contributed by atoms with Crippen LogP contribution in [0.3, 0.4) is 0 Å².